The molecule has 2 aliphatic rings. The molecule has 1 aromatic heterocycles. The number of anilines is 1. The molecule has 1 aromatic carbocycles. The molecule has 6 heteroatoms. The lowest BCUT2D eigenvalue weighted by atomic mass is 9.94. The van der Waals surface area contributed by atoms with Crippen LogP contribution in [0, 0.1) is 11.3 Å². The Morgan fingerprint density at radius 2 is 2.04 bits per heavy atom. The van der Waals surface area contributed by atoms with Crippen LogP contribution in [0.2, 0.25) is 0 Å². The minimum atomic E-state index is -0.531. The van der Waals surface area contributed by atoms with Gasteiger partial charge in [-0.1, -0.05) is 6.07 Å². The van der Waals surface area contributed by atoms with Gasteiger partial charge in [0, 0.05) is 6.20 Å². The number of nitrogens with zero attached hydrogens (tertiary/aromatic N) is 2. The first-order valence-electron chi connectivity index (χ1n) is 7.29. The molecule has 0 unspecified atom stereocenters. The number of nitriles is 1. The third-order valence-corrected chi connectivity index (χ3v) is 4.24. The predicted octanol–water partition coefficient (Wildman–Crippen LogP) is 2.35. The van der Waals surface area contributed by atoms with E-state index < -0.39 is 5.41 Å². The summed E-state index contributed by atoms with van der Waals surface area (Å²) in [6, 6.07) is 10.9. The summed E-state index contributed by atoms with van der Waals surface area (Å²) in [6.45, 7) is 0.215. The average Bonchev–Trinajstić information content (AvgIpc) is 3.27. The summed E-state index contributed by atoms with van der Waals surface area (Å²) >= 11 is 0. The molecule has 6 nitrogen and oxygen atoms in total. The minimum Gasteiger partial charge on any atom is -0.454 e. The van der Waals surface area contributed by atoms with Crippen LogP contribution in [0.25, 0.3) is 0 Å². The fraction of sp³-hybridized carbons (Fsp3) is 0.235. The summed E-state index contributed by atoms with van der Waals surface area (Å²) in [4.78, 5) is 16.7. The molecule has 0 saturated heterocycles. The van der Waals surface area contributed by atoms with Crippen molar-refractivity contribution in [1.82, 2.24) is 4.98 Å². The summed E-state index contributed by atoms with van der Waals surface area (Å²) in [7, 11) is 0. The molecule has 1 saturated carbocycles. The first-order valence-corrected chi connectivity index (χ1v) is 7.29. The third-order valence-electron chi connectivity index (χ3n) is 4.24. The van der Waals surface area contributed by atoms with E-state index in [-0.39, 0.29) is 12.7 Å². The van der Waals surface area contributed by atoms with E-state index in [1.54, 1.807) is 12.1 Å². The number of carbonyl (C=O) groups is 1. The third kappa shape index (κ3) is 2.27. The normalized spacial score (nSPS) is 16.5. The fourth-order valence-electron chi connectivity index (χ4n) is 2.74. The molecular formula is C17H13N3O3. The Morgan fingerprint density at radius 3 is 2.74 bits per heavy atom. The number of pyridine rings is 1. The van der Waals surface area contributed by atoms with Gasteiger partial charge in [-0.05, 0) is 42.7 Å². The predicted molar refractivity (Wildman–Crippen MR) is 81.1 cm³/mol. The van der Waals surface area contributed by atoms with Crippen molar-refractivity contribution in [2.24, 2.45) is 0 Å². The van der Waals surface area contributed by atoms with Crippen LogP contribution in [0.15, 0.2) is 36.5 Å². The van der Waals surface area contributed by atoms with Crippen molar-refractivity contribution >= 4 is 11.7 Å². The molecule has 4 rings (SSSR count). The molecule has 1 aliphatic carbocycles. The van der Waals surface area contributed by atoms with Crippen molar-refractivity contribution in [3.63, 3.8) is 0 Å². The molecule has 1 aliphatic heterocycles. The molecule has 0 bridgehead atoms. The van der Waals surface area contributed by atoms with Crippen molar-refractivity contribution in [3.8, 4) is 17.6 Å². The van der Waals surface area contributed by atoms with E-state index in [2.05, 4.69) is 10.3 Å². The lowest BCUT2D eigenvalue weighted by molar-refractivity contribution is -0.118. The Hall–Kier alpha value is -3.07. The van der Waals surface area contributed by atoms with Crippen LogP contribution in [-0.4, -0.2) is 17.7 Å². The zero-order chi connectivity index (χ0) is 15.9. The number of hydrogen-bond acceptors (Lipinski definition) is 5. The Balaban J connectivity index is 1.56. The highest BCUT2D eigenvalue weighted by Crippen LogP contribution is 2.51. The summed E-state index contributed by atoms with van der Waals surface area (Å²) in [5, 5.41) is 11.6. The summed E-state index contributed by atoms with van der Waals surface area (Å²) in [5.74, 6) is 1.74. The highest BCUT2D eigenvalue weighted by atomic mass is 16.7. The van der Waals surface area contributed by atoms with E-state index in [9.17, 15) is 4.79 Å². The minimum absolute atomic E-state index is 0.0893. The lowest BCUT2D eigenvalue weighted by Gasteiger charge is -2.16. The monoisotopic (exact) mass is 307 g/mol. The van der Waals surface area contributed by atoms with E-state index in [1.165, 1.54) is 6.20 Å². The second kappa shape index (κ2) is 4.99. The van der Waals surface area contributed by atoms with Crippen molar-refractivity contribution in [1.29, 1.82) is 5.26 Å². The molecule has 0 atom stereocenters. The fourth-order valence-corrected chi connectivity index (χ4v) is 2.74. The number of fused-ring (bicyclic) bond motifs is 1. The van der Waals surface area contributed by atoms with Gasteiger partial charge in [-0.15, -0.1) is 0 Å². The van der Waals surface area contributed by atoms with Gasteiger partial charge in [-0.3, -0.25) is 4.79 Å². The molecule has 0 spiro atoms. The Kier molecular flexibility index (Phi) is 2.95. The van der Waals surface area contributed by atoms with Crippen LogP contribution in [0.3, 0.4) is 0 Å². The van der Waals surface area contributed by atoms with E-state index in [1.807, 2.05) is 24.3 Å². The van der Waals surface area contributed by atoms with E-state index in [4.69, 9.17) is 14.7 Å². The maximum atomic E-state index is 12.7. The molecule has 1 N–H and O–H groups in total. The van der Waals surface area contributed by atoms with E-state index in [0.29, 0.717) is 22.9 Å². The van der Waals surface area contributed by atoms with Gasteiger partial charge in [0.25, 0.3) is 0 Å². The molecule has 114 valence electrons. The first kappa shape index (κ1) is 13.6. The highest BCUT2D eigenvalue weighted by Gasteiger charge is 2.51. The van der Waals surface area contributed by atoms with E-state index in [0.717, 1.165) is 18.4 Å². The maximum Gasteiger partial charge on any atom is 0.236 e. The van der Waals surface area contributed by atoms with Gasteiger partial charge in [-0.25, -0.2) is 4.98 Å². The Labute approximate surface area is 132 Å². The molecular weight excluding hydrogens is 294 g/mol. The smallest absolute Gasteiger partial charge is 0.236 e. The number of carbonyl (C=O) groups excluding carboxylic acids is 1. The van der Waals surface area contributed by atoms with Crippen molar-refractivity contribution < 1.29 is 14.3 Å². The van der Waals surface area contributed by atoms with Crippen molar-refractivity contribution in [2.75, 3.05) is 12.1 Å². The number of ether oxygens (including phenoxy) is 2. The van der Waals surface area contributed by atoms with Crippen LogP contribution in [-0.2, 0) is 10.2 Å². The van der Waals surface area contributed by atoms with Gasteiger partial charge >= 0.3 is 0 Å². The summed E-state index contributed by atoms with van der Waals surface area (Å²) < 4.78 is 10.7. The second-order valence-corrected chi connectivity index (χ2v) is 5.65. The molecule has 1 fully saturated rings. The standard InChI is InChI=1S/C17H13N3O3/c18-8-11-1-4-15(19-9-11)20-16(21)17(5-6-17)12-2-3-13-14(7-12)23-10-22-13/h1-4,7,9H,5-6,10H2,(H,19,20,21). The highest BCUT2D eigenvalue weighted by molar-refractivity contribution is 6.01. The molecule has 1 amide bonds. The number of hydrogen-bond donors (Lipinski definition) is 1. The van der Waals surface area contributed by atoms with Gasteiger partial charge in [0.05, 0.1) is 11.0 Å². The van der Waals surface area contributed by atoms with Gasteiger partial charge < -0.3 is 14.8 Å². The molecule has 0 radical (unpaired) electrons. The van der Waals surface area contributed by atoms with Gasteiger partial charge in [0.15, 0.2) is 11.5 Å². The zero-order valence-electron chi connectivity index (χ0n) is 12.2. The average molecular weight is 307 g/mol. The van der Waals surface area contributed by atoms with Crippen LogP contribution >= 0.6 is 0 Å². The van der Waals surface area contributed by atoms with E-state index >= 15 is 0 Å². The Morgan fingerprint density at radius 1 is 1.22 bits per heavy atom. The number of rotatable bonds is 3. The number of amides is 1. The summed E-state index contributed by atoms with van der Waals surface area (Å²) in [5.41, 5.74) is 0.851. The SMILES string of the molecule is N#Cc1ccc(NC(=O)C2(c3ccc4c(c3)OCO4)CC2)nc1. The van der Waals surface area contributed by atoms with Gasteiger partial charge in [-0.2, -0.15) is 5.26 Å². The molecule has 2 heterocycles. The molecule has 2 aromatic rings. The van der Waals surface area contributed by atoms with Gasteiger partial charge in [0.1, 0.15) is 11.9 Å². The van der Waals surface area contributed by atoms with Crippen LogP contribution in [0.4, 0.5) is 5.82 Å². The molecule has 23 heavy (non-hydrogen) atoms. The second-order valence-electron chi connectivity index (χ2n) is 5.65. The maximum absolute atomic E-state index is 12.7. The zero-order valence-corrected chi connectivity index (χ0v) is 12.2. The van der Waals surface area contributed by atoms with Crippen LogP contribution < -0.4 is 14.8 Å². The Bertz CT molecular complexity index is 820. The number of aromatic nitrogens is 1. The topological polar surface area (TPSA) is 84.2 Å². The van der Waals surface area contributed by atoms with Crippen molar-refractivity contribution in [2.45, 2.75) is 18.3 Å². The summed E-state index contributed by atoms with van der Waals surface area (Å²) in [6.07, 6.45) is 3.01. The van der Waals surface area contributed by atoms with Crippen LogP contribution in [0.1, 0.15) is 24.0 Å². The first-order chi connectivity index (χ1) is 11.2. The van der Waals surface area contributed by atoms with Crippen molar-refractivity contribution in [3.05, 3.63) is 47.7 Å². The largest absolute Gasteiger partial charge is 0.454 e. The number of benzene rings is 1. The van der Waals surface area contributed by atoms with Gasteiger partial charge in [0.2, 0.25) is 12.7 Å². The van der Waals surface area contributed by atoms with Crippen LogP contribution in [0.5, 0.6) is 11.5 Å². The quantitative estimate of drug-likeness (QED) is 0.941. The lowest BCUT2D eigenvalue weighted by Crippen LogP contribution is -2.28. The number of nitrogens with one attached hydrogen (secondary N) is 1.